The lowest BCUT2D eigenvalue weighted by molar-refractivity contribution is 0.0693. The first-order valence-corrected chi connectivity index (χ1v) is 12.1. The van der Waals surface area contributed by atoms with Gasteiger partial charge in [0, 0.05) is 40.7 Å². The minimum atomic E-state index is -0.934. The molecule has 4 aromatic rings. The number of anilines is 1. The highest BCUT2D eigenvalue weighted by molar-refractivity contribution is 7.99. The average molecular weight is 501 g/mol. The van der Waals surface area contributed by atoms with Crippen LogP contribution >= 0.6 is 35.0 Å². The lowest BCUT2D eigenvalue weighted by Crippen LogP contribution is -2.12. The van der Waals surface area contributed by atoms with Gasteiger partial charge in [-0.2, -0.15) is 0 Å². The van der Waals surface area contributed by atoms with Crippen LogP contribution < -0.4 is 5.32 Å². The zero-order valence-electron chi connectivity index (χ0n) is 18.1. The zero-order chi connectivity index (χ0) is 23.5. The molecule has 6 nitrogen and oxygen atoms in total. The van der Waals surface area contributed by atoms with Crippen LogP contribution in [-0.2, 0) is 6.54 Å². The molecule has 0 bridgehead atoms. The summed E-state index contributed by atoms with van der Waals surface area (Å²) in [4.78, 5) is 20.9. The first kappa shape index (κ1) is 23.4. The number of hydrogen-bond donors (Lipinski definition) is 2. The summed E-state index contributed by atoms with van der Waals surface area (Å²) < 4.78 is 2.14. The van der Waals surface area contributed by atoms with E-state index in [4.69, 9.17) is 23.2 Å². The number of fused-ring (bicyclic) bond motifs is 1. The van der Waals surface area contributed by atoms with Crippen LogP contribution in [0.3, 0.4) is 0 Å². The molecule has 2 heterocycles. The highest BCUT2D eigenvalue weighted by atomic mass is 35.5. The number of rotatable bonds is 8. The summed E-state index contributed by atoms with van der Waals surface area (Å²) in [6.45, 7) is 5.33. The molecule has 33 heavy (non-hydrogen) atoms. The Morgan fingerprint density at radius 1 is 1.12 bits per heavy atom. The highest BCUT2D eigenvalue weighted by Gasteiger charge is 2.14. The van der Waals surface area contributed by atoms with E-state index in [1.807, 2.05) is 44.2 Å². The van der Waals surface area contributed by atoms with E-state index in [1.54, 1.807) is 12.1 Å². The average Bonchev–Trinajstić information content (AvgIpc) is 3.14. The molecule has 0 unspecified atom stereocenters. The van der Waals surface area contributed by atoms with Crippen molar-refractivity contribution in [3.05, 3.63) is 70.1 Å². The molecular formula is C24H22Cl2N4O2S. The van der Waals surface area contributed by atoms with E-state index in [0.717, 1.165) is 38.5 Å². The van der Waals surface area contributed by atoms with Gasteiger partial charge in [-0.25, -0.2) is 14.8 Å². The number of carbonyl (C=O) groups is 1. The standard InChI is InChI=1S/C24H22Cl2N4O2S/c1-3-33-21-11-15(4-5-16(21)24(31)32)20-12-22(29-13-28-20)27-8-9-30-14(2)10-17-18(25)6-7-19(26)23(17)30/h4-7,10-13H,3,8-9H2,1-2H3,(H,31,32)(H,27,28,29). The third-order valence-corrected chi connectivity index (χ3v) is 6.85. The summed E-state index contributed by atoms with van der Waals surface area (Å²) in [5.74, 6) is 0.533. The molecular weight excluding hydrogens is 479 g/mol. The van der Waals surface area contributed by atoms with Crippen LogP contribution in [0.2, 0.25) is 10.0 Å². The van der Waals surface area contributed by atoms with Gasteiger partial charge in [-0.3, -0.25) is 0 Å². The molecule has 0 saturated carbocycles. The van der Waals surface area contributed by atoms with Gasteiger partial charge in [0.25, 0.3) is 0 Å². The van der Waals surface area contributed by atoms with Crippen LogP contribution in [0, 0.1) is 6.92 Å². The van der Waals surface area contributed by atoms with E-state index >= 15 is 0 Å². The van der Waals surface area contributed by atoms with Gasteiger partial charge < -0.3 is 15.0 Å². The van der Waals surface area contributed by atoms with E-state index in [9.17, 15) is 9.90 Å². The van der Waals surface area contributed by atoms with E-state index in [2.05, 4.69) is 19.9 Å². The Morgan fingerprint density at radius 2 is 1.91 bits per heavy atom. The molecule has 170 valence electrons. The molecule has 0 aliphatic rings. The van der Waals surface area contributed by atoms with Crippen molar-refractivity contribution < 1.29 is 9.90 Å². The van der Waals surface area contributed by atoms with Crippen LogP contribution in [0.1, 0.15) is 23.0 Å². The molecule has 0 atom stereocenters. The largest absolute Gasteiger partial charge is 0.478 e. The Balaban J connectivity index is 1.53. The fourth-order valence-electron chi connectivity index (χ4n) is 3.76. The predicted octanol–water partition coefficient (Wildman–Crippen LogP) is 6.64. The van der Waals surface area contributed by atoms with Crippen LogP contribution in [0.25, 0.3) is 22.2 Å². The lowest BCUT2D eigenvalue weighted by Gasteiger charge is -2.12. The lowest BCUT2D eigenvalue weighted by atomic mass is 10.1. The maximum absolute atomic E-state index is 11.5. The van der Waals surface area contributed by atoms with E-state index in [-0.39, 0.29) is 0 Å². The number of nitrogens with one attached hydrogen (secondary N) is 1. The normalized spacial score (nSPS) is 11.2. The molecule has 0 spiro atoms. The molecule has 9 heteroatoms. The molecule has 0 aliphatic heterocycles. The number of aromatic nitrogens is 3. The monoisotopic (exact) mass is 500 g/mol. The first-order valence-electron chi connectivity index (χ1n) is 10.4. The van der Waals surface area contributed by atoms with Crippen molar-refractivity contribution in [3.8, 4) is 11.3 Å². The van der Waals surface area contributed by atoms with Gasteiger partial charge in [-0.15, -0.1) is 11.8 Å². The van der Waals surface area contributed by atoms with Gasteiger partial charge in [-0.05, 0) is 43.0 Å². The fourth-order valence-corrected chi connectivity index (χ4v) is 5.07. The number of hydrogen-bond acceptors (Lipinski definition) is 5. The smallest absolute Gasteiger partial charge is 0.336 e. The van der Waals surface area contributed by atoms with Gasteiger partial charge in [-0.1, -0.05) is 36.2 Å². The number of aromatic carboxylic acids is 1. The molecule has 2 aromatic heterocycles. The Hall–Kier alpha value is -2.74. The second-order valence-electron chi connectivity index (χ2n) is 7.39. The quantitative estimate of drug-likeness (QED) is 0.264. The molecule has 2 aromatic carbocycles. The van der Waals surface area contributed by atoms with E-state index in [0.29, 0.717) is 34.5 Å². The topological polar surface area (TPSA) is 80.0 Å². The van der Waals surface area contributed by atoms with Gasteiger partial charge in [0.1, 0.15) is 12.1 Å². The minimum absolute atomic E-state index is 0.297. The summed E-state index contributed by atoms with van der Waals surface area (Å²) >= 11 is 14.3. The second kappa shape index (κ2) is 10.0. The Labute approximate surface area is 206 Å². The molecule has 4 rings (SSSR count). The third kappa shape index (κ3) is 4.95. The number of thioether (sulfide) groups is 1. The zero-order valence-corrected chi connectivity index (χ0v) is 20.4. The maximum atomic E-state index is 11.5. The first-order chi connectivity index (χ1) is 15.9. The van der Waals surface area contributed by atoms with E-state index in [1.165, 1.54) is 18.1 Å². The van der Waals surface area contributed by atoms with Crippen LogP contribution in [0.5, 0.6) is 0 Å². The SMILES string of the molecule is CCSc1cc(-c2cc(NCCn3c(C)cc4c(Cl)ccc(Cl)c43)ncn2)ccc1C(=O)O. The van der Waals surface area contributed by atoms with Crippen LogP contribution in [-0.4, -0.2) is 37.9 Å². The van der Waals surface area contributed by atoms with Crippen molar-refractivity contribution in [1.29, 1.82) is 0 Å². The van der Waals surface area contributed by atoms with Crippen molar-refractivity contribution in [2.24, 2.45) is 0 Å². The summed E-state index contributed by atoms with van der Waals surface area (Å²) in [5, 5.41) is 15.1. The molecule has 0 aliphatic carbocycles. The van der Waals surface area contributed by atoms with Crippen LogP contribution in [0.15, 0.2) is 53.7 Å². The maximum Gasteiger partial charge on any atom is 0.336 e. The Kier molecular flexibility index (Phi) is 7.12. The minimum Gasteiger partial charge on any atom is -0.478 e. The second-order valence-corrected chi connectivity index (χ2v) is 9.51. The van der Waals surface area contributed by atoms with Crippen molar-refractivity contribution in [1.82, 2.24) is 14.5 Å². The highest BCUT2D eigenvalue weighted by Crippen LogP contribution is 2.32. The Bertz CT molecular complexity index is 1340. The molecule has 0 saturated heterocycles. The fraction of sp³-hybridized carbons (Fsp3) is 0.208. The number of halogens is 2. The summed E-state index contributed by atoms with van der Waals surface area (Å²) in [6.07, 6.45) is 1.50. The number of carboxylic acid groups (broad SMARTS) is 1. The molecule has 2 N–H and O–H groups in total. The van der Waals surface area contributed by atoms with Crippen molar-refractivity contribution in [3.63, 3.8) is 0 Å². The van der Waals surface area contributed by atoms with E-state index < -0.39 is 5.97 Å². The van der Waals surface area contributed by atoms with Crippen molar-refractivity contribution in [2.75, 3.05) is 17.6 Å². The van der Waals surface area contributed by atoms with Crippen molar-refractivity contribution in [2.45, 2.75) is 25.3 Å². The summed E-state index contributed by atoms with van der Waals surface area (Å²) in [7, 11) is 0. The molecule has 0 fully saturated rings. The Morgan fingerprint density at radius 3 is 2.67 bits per heavy atom. The van der Waals surface area contributed by atoms with Gasteiger partial charge in [0.15, 0.2) is 0 Å². The van der Waals surface area contributed by atoms with Gasteiger partial charge in [0.2, 0.25) is 0 Å². The number of carboxylic acids is 1. The molecule has 0 amide bonds. The number of benzene rings is 2. The summed E-state index contributed by atoms with van der Waals surface area (Å²) in [5.41, 5.74) is 3.86. The van der Waals surface area contributed by atoms with Gasteiger partial charge >= 0.3 is 5.97 Å². The third-order valence-electron chi connectivity index (χ3n) is 5.28. The molecule has 0 radical (unpaired) electrons. The predicted molar refractivity (Wildman–Crippen MR) is 136 cm³/mol. The number of aryl methyl sites for hydroxylation is 1. The van der Waals surface area contributed by atoms with Crippen molar-refractivity contribution >= 4 is 57.7 Å². The summed E-state index contributed by atoms with van der Waals surface area (Å²) in [6, 6.07) is 12.8. The number of nitrogens with zero attached hydrogens (tertiary/aromatic N) is 3. The van der Waals surface area contributed by atoms with Gasteiger partial charge in [0.05, 0.1) is 26.8 Å². The van der Waals surface area contributed by atoms with Crippen LogP contribution in [0.4, 0.5) is 5.82 Å².